The minimum Gasteiger partial charge on any atom is -0.497 e. The van der Waals surface area contributed by atoms with Crippen molar-refractivity contribution in [3.8, 4) is 11.8 Å². The molecule has 20 heavy (non-hydrogen) atoms. The Bertz CT molecular complexity index is 653. The van der Waals surface area contributed by atoms with E-state index in [9.17, 15) is 5.26 Å². The van der Waals surface area contributed by atoms with E-state index < -0.39 is 6.04 Å². The van der Waals surface area contributed by atoms with Crippen LogP contribution in [0.3, 0.4) is 0 Å². The lowest BCUT2D eigenvalue weighted by Gasteiger charge is -2.16. The molecule has 0 amide bonds. The average Bonchev–Trinajstić information content (AvgIpc) is 2.47. The summed E-state index contributed by atoms with van der Waals surface area (Å²) in [7, 11) is 1.61. The van der Waals surface area contributed by atoms with Crippen molar-refractivity contribution in [2.75, 3.05) is 12.4 Å². The van der Waals surface area contributed by atoms with Crippen molar-refractivity contribution >= 4 is 37.5 Å². The fourth-order valence-electron chi connectivity index (χ4n) is 1.78. The summed E-state index contributed by atoms with van der Waals surface area (Å²) in [5, 5.41) is 12.6. The van der Waals surface area contributed by atoms with Crippen molar-refractivity contribution in [3.05, 3.63) is 57.0 Å². The van der Waals surface area contributed by atoms with Gasteiger partial charge in [-0.25, -0.2) is 0 Å². The van der Waals surface area contributed by atoms with Gasteiger partial charge in [0.15, 0.2) is 0 Å². The zero-order valence-electron chi connectivity index (χ0n) is 10.7. The quantitative estimate of drug-likeness (QED) is 0.800. The highest BCUT2D eigenvalue weighted by atomic mass is 79.9. The van der Waals surface area contributed by atoms with Crippen LogP contribution in [0.5, 0.6) is 5.75 Å². The summed E-state index contributed by atoms with van der Waals surface area (Å²) in [5.74, 6) is 0.720. The lowest BCUT2D eigenvalue weighted by molar-refractivity contribution is 0.414. The first-order valence-corrected chi connectivity index (χ1v) is 7.48. The monoisotopic (exact) mass is 394 g/mol. The predicted molar refractivity (Wildman–Crippen MR) is 86.8 cm³/mol. The van der Waals surface area contributed by atoms with E-state index in [1.54, 1.807) is 7.11 Å². The van der Waals surface area contributed by atoms with Gasteiger partial charge in [0.25, 0.3) is 0 Å². The molecule has 0 heterocycles. The summed E-state index contributed by atoms with van der Waals surface area (Å²) in [6.07, 6.45) is 0. The van der Waals surface area contributed by atoms with Crippen LogP contribution in [0.1, 0.15) is 11.6 Å². The maximum Gasteiger partial charge on any atom is 0.141 e. The first kappa shape index (κ1) is 14.9. The molecule has 0 aliphatic heterocycles. The van der Waals surface area contributed by atoms with Gasteiger partial charge >= 0.3 is 0 Å². The first-order chi connectivity index (χ1) is 9.65. The number of nitrogens with one attached hydrogen (secondary N) is 1. The summed E-state index contributed by atoms with van der Waals surface area (Å²) in [4.78, 5) is 0. The van der Waals surface area contributed by atoms with Crippen LogP contribution >= 0.6 is 31.9 Å². The number of rotatable bonds is 4. The topological polar surface area (TPSA) is 45.0 Å². The number of benzene rings is 2. The molecular formula is C15H12Br2N2O. The zero-order valence-corrected chi connectivity index (χ0v) is 13.9. The molecule has 0 aliphatic rings. The van der Waals surface area contributed by atoms with Gasteiger partial charge in [-0.1, -0.05) is 28.1 Å². The Morgan fingerprint density at radius 2 is 1.90 bits per heavy atom. The van der Waals surface area contributed by atoms with E-state index in [0.29, 0.717) is 0 Å². The van der Waals surface area contributed by atoms with Crippen molar-refractivity contribution in [1.29, 1.82) is 5.26 Å². The molecule has 0 saturated carbocycles. The van der Waals surface area contributed by atoms with Gasteiger partial charge in [-0.05, 0) is 46.3 Å². The van der Waals surface area contributed by atoms with Gasteiger partial charge in [-0.2, -0.15) is 5.26 Å². The Balaban J connectivity index is 2.34. The second kappa shape index (κ2) is 6.78. The number of nitrogens with zero attached hydrogens (tertiary/aromatic N) is 1. The largest absolute Gasteiger partial charge is 0.497 e. The third-order valence-corrected chi connectivity index (χ3v) is 4.23. The Morgan fingerprint density at radius 3 is 2.55 bits per heavy atom. The molecular weight excluding hydrogens is 384 g/mol. The fraction of sp³-hybridized carbons (Fsp3) is 0.133. The van der Waals surface area contributed by atoms with Crippen LogP contribution in [0.15, 0.2) is 51.4 Å². The second-order valence-electron chi connectivity index (χ2n) is 4.07. The van der Waals surface area contributed by atoms with Gasteiger partial charge in [-0.3, -0.25) is 0 Å². The molecule has 1 N–H and O–H groups in total. The molecule has 1 unspecified atom stereocenters. The average molecular weight is 396 g/mol. The molecule has 2 rings (SSSR count). The number of methoxy groups -OCH3 is 1. The lowest BCUT2D eigenvalue weighted by atomic mass is 10.1. The van der Waals surface area contributed by atoms with E-state index in [0.717, 1.165) is 25.9 Å². The maximum atomic E-state index is 9.43. The van der Waals surface area contributed by atoms with Gasteiger partial charge in [0.05, 0.1) is 13.2 Å². The molecule has 0 fully saturated rings. The van der Waals surface area contributed by atoms with Gasteiger partial charge in [0.2, 0.25) is 0 Å². The highest BCUT2D eigenvalue weighted by molar-refractivity contribution is 9.11. The van der Waals surface area contributed by atoms with Crippen LogP contribution in [0.4, 0.5) is 5.69 Å². The number of hydrogen-bond acceptors (Lipinski definition) is 3. The zero-order chi connectivity index (χ0) is 14.5. The molecule has 2 aromatic carbocycles. The second-order valence-corrected chi connectivity index (χ2v) is 5.78. The summed E-state index contributed by atoms with van der Waals surface area (Å²) in [5.41, 5.74) is 1.70. The highest BCUT2D eigenvalue weighted by Crippen LogP contribution is 2.31. The van der Waals surface area contributed by atoms with Gasteiger partial charge < -0.3 is 10.1 Å². The van der Waals surface area contributed by atoms with Crippen LogP contribution in [-0.4, -0.2) is 7.11 Å². The molecule has 0 aliphatic carbocycles. The van der Waals surface area contributed by atoms with Crippen LogP contribution in [0.2, 0.25) is 0 Å². The SMILES string of the molecule is COc1ccc(Br)c(C(C#N)Nc2ccccc2Br)c1. The third kappa shape index (κ3) is 3.33. The van der Waals surface area contributed by atoms with Crippen LogP contribution in [0.25, 0.3) is 0 Å². The van der Waals surface area contributed by atoms with Gasteiger partial charge in [-0.15, -0.1) is 0 Å². The molecule has 0 bridgehead atoms. The lowest BCUT2D eigenvalue weighted by Crippen LogP contribution is -2.09. The van der Waals surface area contributed by atoms with E-state index in [1.165, 1.54) is 0 Å². The van der Waals surface area contributed by atoms with E-state index in [-0.39, 0.29) is 0 Å². The minimum absolute atomic E-state index is 0.474. The molecule has 0 saturated heterocycles. The van der Waals surface area contributed by atoms with Crippen molar-refractivity contribution in [1.82, 2.24) is 0 Å². The number of ether oxygens (including phenoxy) is 1. The van der Waals surface area contributed by atoms with Crippen molar-refractivity contribution < 1.29 is 4.74 Å². The van der Waals surface area contributed by atoms with E-state index in [2.05, 4.69) is 43.2 Å². The number of para-hydroxylation sites is 1. The molecule has 0 radical (unpaired) electrons. The van der Waals surface area contributed by atoms with Crippen molar-refractivity contribution in [2.24, 2.45) is 0 Å². The van der Waals surface area contributed by atoms with Crippen molar-refractivity contribution in [3.63, 3.8) is 0 Å². The van der Waals surface area contributed by atoms with Gasteiger partial charge in [0, 0.05) is 20.2 Å². The van der Waals surface area contributed by atoms with Crippen molar-refractivity contribution in [2.45, 2.75) is 6.04 Å². The Kier molecular flexibility index (Phi) is 5.05. The molecule has 102 valence electrons. The summed E-state index contributed by atoms with van der Waals surface area (Å²) >= 11 is 6.94. The van der Waals surface area contributed by atoms with E-state index >= 15 is 0 Å². The number of nitriles is 1. The van der Waals surface area contributed by atoms with E-state index in [4.69, 9.17) is 4.74 Å². The first-order valence-electron chi connectivity index (χ1n) is 5.90. The Morgan fingerprint density at radius 1 is 1.15 bits per heavy atom. The van der Waals surface area contributed by atoms with E-state index in [1.807, 2.05) is 42.5 Å². The number of halogens is 2. The normalized spacial score (nSPS) is 11.5. The molecule has 0 aromatic heterocycles. The van der Waals surface area contributed by atoms with Crippen LogP contribution in [-0.2, 0) is 0 Å². The van der Waals surface area contributed by atoms with Crippen LogP contribution < -0.4 is 10.1 Å². The minimum atomic E-state index is -0.474. The molecule has 3 nitrogen and oxygen atoms in total. The number of hydrogen-bond donors (Lipinski definition) is 1. The summed E-state index contributed by atoms with van der Waals surface area (Å²) in [6, 6.07) is 15.1. The fourth-order valence-corrected chi connectivity index (χ4v) is 2.66. The Hall–Kier alpha value is -1.51. The predicted octanol–water partition coefficient (Wildman–Crippen LogP) is 4.90. The summed E-state index contributed by atoms with van der Waals surface area (Å²) in [6.45, 7) is 0. The third-order valence-electron chi connectivity index (χ3n) is 2.82. The molecule has 1 atom stereocenters. The molecule has 5 heteroatoms. The van der Waals surface area contributed by atoms with Crippen LogP contribution in [0, 0.1) is 11.3 Å². The van der Waals surface area contributed by atoms with Gasteiger partial charge in [0.1, 0.15) is 11.8 Å². The maximum absolute atomic E-state index is 9.43. The molecule has 0 spiro atoms. The highest BCUT2D eigenvalue weighted by Gasteiger charge is 2.15. The smallest absolute Gasteiger partial charge is 0.141 e. The standard InChI is InChI=1S/C15H12Br2N2O/c1-20-10-6-7-12(16)11(8-10)15(9-18)19-14-5-3-2-4-13(14)17/h2-8,15,19H,1H3. The summed E-state index contributed by atoms with van der Waals surface area (Å²) < 4.78 is 6.99. The molecule has 2 aromatic rings. The number of anilines is 1. The Labute approximate surface area is 134 Å².